The van der Waals surface area contributed by atoms with Gasteiger partial charge in [0.25, 0.3) is 0 Å². The standard InChI is InChI=1S/C9H8F2O/c1-6-4-2-3-5-7(6)8(12)9(10)11/h2-5,9H,1H3. The molecular formula is C9H8F2O. The van der Waals surface area contributed by atoms with Gasteiger partial charge in [-0.1, -0.05) is 24.3 Å². The fraction of sp³-hybridized carbons (Fsp3) is 0.222. The van der Waals surface area contributed by atoms with E-state index in [-0.39, 0.29) is 5.56 Å². The molecule has 0 aliphatic carbocycles. The predicted octanol–water partition coefficient (Wildman–Crippen LogP) is 2.44. The van der Waals surface area contributed by atoms with Crippen LogP contribution in [0.1, 0.15) is 15.9 Å². The average molecular weight is 170 g/mol. The second-order valence-electron chi connectivity index (χ2n) is 2.48. The Kier molecular flexibility index (Phi) is 2.53. The molecule has 0 heterocycles. The first-order chi connectivity index (χ1) is 5.63. The zero-order valence-electron chi connectivity index (χ0n) is 6.55. The Hall–Kier alpha value is -1.25. The van der Waals surface area contributed by atoms with E-state index in [2.05, 4.69) is 0 Å². The first kappa shape index (κ1) is 8.84. The number of halogens is 2. The maximum Gasteiger partial charge on any atom is 0.300 e. The first-order valence-electron chi connectivity index (χ1n) is 3.51. The van der Waals surface area contributed by atoms with Gasteiger partial charge in [0.1, 0.15) is 0 Å². The Morgan fingerprint density at radius 3 is 2.42 bits per heavy atom. The van der Waals surface area contributed by atoms with Gasteiger partial charge in [-0.25, -0.2) is 8.78 Å². The van der Waals surface area contributed by atoms with Crippen molar-refractivity contribution in [1.29, 1.82) is 0 Å². The van der Waals surface area contributed by atoms with Crippen molar-refractivity contribution in [3.63, 3.8) is 0 Å². The third-order valence-electron chi connectivity index (χ3n) is 1.61. The topological polar surface area (TPSA) is 17.1 Å². The average Bonchev–Trinajstić information content (AvgIpc) is 2.04. The van der Waals surface area contributed by atoms with Crippen LogP contribution in [0.4, 0.5) is 8.78 Å². The first-order valence-corrected chi connectivity index (χ1v) is 3.51. The highest BCUT2D eigenvalue weighted by Crippen LogP contribution is 2.11. The largest absolute Gasteiger partial charge is 0.300 e. The summed E-state index contributed by atoms with van der Waals surface area (Å²) in [5.74, 6) is -1.10. The molecule has 0 radical (unpaired) electrons. The van der Waals surface area contributed by atoms with E-state index in [4.69, 9.17) is 0 Å². The molecule has 0 bridgehead atoms. The summed E-state index contributed by atoms with van der Waals surface area (Å²) in [5, 5.41) is 0. The minimum Gasteiger partial charge on any atom is -0.288 e. The van der Waals surface area contributed by atoms with Crippen molar-refractivity contribution < 1.29 is 13.6 Å². The third kappa shape index (κ3) is 1.67. The van der Waals surface area contributed by atoms with E-state index in [1.807, 2.05) is 0 Å². The van der Waals surface area contributed by atoms with Gasteiger partial charge in [-0.15, -0.1) is 0 Å². The van der Waals surface area contributed by atoms with Gasteiger partial charge in [0.2, 0.25) is 5.78 Å². The number of hydrogen-bond acceptors (Lipinski definition) is 1. The van der Waals surface area contributed by atoms with Crippen molar-refractivity contribution in [2.24, 2.45) is 0 Å². The SMILES string of the molecule is Cc1ccccc1C(=O)C(F)F. The van der Waals surface area contributed by atoms with Crippen molar-refractivity contribution in [2.45, 2.75) is 13.3 Å². The second-order valence-corrected chi connectivity index (χ2v) is 2.48. The Morgan fingerprint density at radius 2 is 1.92 bits per heavy atom. The van der Waals surface area contributed by atoms with E-state index in [0.29, 0.717) is 5.56 Å². The van der Waals surface area contributed by atoms with Crippen molar-refractivity contribution >= 4 is 5.78 Å². The number of hydrogen-bond donors (Lipinski definition) is 0. The van der Waals surface area contributed by atoms with Gasteiger partial charge in [-0.2, -0.15) is 0 Å². The molecule has 0 aromatic heterocycles. The molecule has 0 saturated carbocycles. The van der Waals surface area contributed by atoms with E-state index < -0.39 is 12.2 Å². The molecule has 64 valence electrons. The summed E-state index contributed by atoms with van der Waals surface area (Å²) in [4.78, 5) is 10.8. The van der Waals surface area contributed by atoms with Crippen LogP contribution in [0.5, 0.6) is 0 Å². The highest BCUT2D eigenvalue weighted by Gasteiger charge is 2.18. The molecule has 1 aromatic carbocycles. The minimum absolute atomic E-state index is 0.104. The summed E-state index contributed by atoms with van der Waals surface area (Å²) in [5.41, 5.74) is 0.690. The maximum absolute atomic E-state index is 11.9. The Bertz CT molecular complexity index is 294. The number of carbonyl (C=O) groups is 1. The molecule has 1 nitrogen and oxygen atoms in total. The van der Waals surface area contributed by atoms with E-state index >= 15 is 0 Å². The van der Waals surface area contributed by atoms with Crippen LogP contribution in [0.25, 0.3) is 0 Å². The predicted molar refractivity (Wildman–Crippen MR) is 41.5 cm³/mol. The van der Waals surface area contributed by atoms with Gasteiger partial charge in [0, 0.05) is 5.56 Å². The van der Waals surface area contributed by atoms with Crippen LogP contribution in [0.3, 0.4) is 0 Å². The molecule has 0 fully saturated rings. The Balaban J connectivity index is 3.03. The quantitative estimate of drug-likeness (QED) is 0.623. The van der Waals surface area contributed by atoms with Crippen molar-refractivity contribution in [1.82, 2.24) is 0 Å². The molecule has 0 saturated heterocycles. The lowest BCUT2D eigenvalue weighted by Gasteiger charge is -2.01. The zero-order chi connectivity index (χ0) is 9.14. The van der Waals surface area contributed by atoms with Crippen molar-refractivity contribution in [3.05, 3.63) is 35.4 Å². The van der Waals surface area contributed by atoms with Gasteiger partial charge < -0.3 is 0 Å². The second kappa shape index (κ2) is 3.43. The fourth-order valence-electron chi connectivity index (χ4n) is 0.967. The van der Waals surface area contributed by atoms with Crippen LogP contribution < -0.4 is 0 Å². The van der Waals surface area contributed by atoms with E-state index in [0.717, 1.165) is 0 Å². The van der Waals surface area contributed by atoms with Crippen LogP contribution in [0.15, 0.2) is 24.3 Å². The van der Waals surface area contributed by atoms with Crippen LogP contribution in [0.2, 0.25) is 0 Å². The molecule has 0 aliphatic rings. The number of alkyl halides is 2. The molecule has 0 spiro atoms. The zero-order valence-corrected chi connectivity index (χ0v) is 6.55. The van der Waals surface area contributed by atoms with E-state index in [1.165, 1.54) is 6.07 Å². The minimum atomic E-state index is -2.91. The van der Waals surface area contributed by atoms with E-state index in [9.17, 15) is 13.6 Å². The van der Waals surface area contributed by atoms with Gasteiger partial charge in [0.05, 0.1) is 0 Å². The van der Waals surface area contributed by atoms with Crippen molar-refractivity contribution in [2.75, 3.05) is 0 Å². The monoisotopic (exact) mass is 170 g/mol. The van der Waals surface area contributed by atoms with Gasteiger partial charge in [-0.3, -0.25) is 4.79 Å². The van der Waals surface area contributed by atoms with Crippen LogP contribution in [-0.4, -0.2) is 12.2 Å². The van der Waals surface area contributed by atoms with Gasteiger partial charge >= 0.3 is 6.43 Å². The normalized spacial score (nSPS) is 10.3. The fourth-order valence-corrected chi connectivity index (χ4v) is 0.967. The lowest BCUT2D eigenvalue weighted by atomic mass is 10.1. The molecule has 3 heteroatoms. The van der Waals surface area contributed by atoms with Crippen LogP contribution in [0, 0.1) is 6.92 Å². The molecule has 1 aromatic rings. The summed E-state index contributed by atoms with van der Waals surface area (Å²) in [6, 6.07) is 6.32. The molecule has 12 heavy (non-hydrogen) atoms. The molecular weight excluding hydrogens is 162 g/mol. The molecule has 1 rings (SSSR count). The molecule has 0 unspecified atom stereocenters. The van der Waals surface area contributed by atoms with E-state index in [1.54, 1.807) is 25.1 Å². The summed E-state index contributed by atoms with van der Waals surface area (Å²) < 4.78 is 23.9. The molecule has 0 aliphatic heterocycles. The number of Topliss-reactive ketones (excluding diaryl/α,β-unsaturated/α-hetero) is 1. The van der Waals surface area contributed by atoms with Crippen molar-refractivity contribution in [3.8, 4) is 0 Å². The molecule has 0 atom stereocenters. The molecule has 0 amide bonds. The Labute approximate surface area is 69.0 Å². The van der Waals surface area contributed by atoms with Gasteiger partial charge in [0.15, 0.2) is 0 Å². The smallest absolute Gasteiger partial charge is 0.288 e. The van der Waals surface area contributed by atoms with Crippen LogP contribution >= 0.6 is 0 Å². The third-order valence-corrected chi connectivity index (χ3v) is 1.61. The highest BCUT2D eigenvalue weighted by atomic mass is 19.3. The summed E-state index contributed by atoms with van der Waals surface area (Å²) in [7, 11) is 0. The summed E-state index contributed by atoms with van der Waals surface area (Å²) in [6.07, 6.45) is -2.91. The number of rotatable bonds is 2. The Morgan fingerprint density at radius 1 is 1.33 bits per heavy atom. The van der Waals surface area contributed by atoms with Gasteiger partial charge in [-0.05, 0) is 12.5 Å². The summed E-state index contributed by atoms with van der Waals surface area (Å²) >= 11 is 0. The number of aryl methyl sites for hydroxylation is 1. The highest BCUT2D eigenvalue weighted by molar-refractivity contribution is 5.99. The number of ketones is 1. The lowest BCUT2D eigenvalue weighted by molar-refractivity contribution is 0.0678. The maximum atomic E-state index is 11.9. The summed E-state index contributed by atoms with van der Waals surface area (Å²) in [6.45, 7) is 1.63. The lowest BCUT2D eigenvalue weighted by Crippen LogP contribution is -2.11. The number of benzene rings is 1. The van der Waals surface area contributed by atoms with Crippen LogP contribution in [-0.2, 0) is 0 Å². The number of carbonyl (C=O) groups excluding carboxylic acids is 1. The molecule has 0 N–H and O–H groups in total.